The monoisotopic (exact) mass is 310 g/mol. The Morgan fingerprint density at radius 2 is 2.05 bits per heavy atom. The number of carbonyl (C=O) groups excluding carboxylic acids is 2. The fourth-order valence-electron chi connectivity index (χ4n) is 2.37. The Bertz CT molecular complexity index is 534. The van der Waals surface area contributed by atoms with Crippen molar-refractivity contribution in [3.05, 3.63) is 35.6 Å². The first-order valence-corrected chi connectivity index (χ1v) is 8.07. The molecule has 0 spiro atoms. The number of hydrogen-bond acceptors (Lipinski definition) is 3. The van der Waals surface area contributed by atoms with Gasteiger partial charge in [-0.25, -0.2) is 4.39 Å². The van der Waals surface area contributed by atoms with Gasteiger partial charge in [-0.2, -0.15) is 0 Å². The average molecular weight is 310 g/mol. The molecule has 2 rings (SSSR count). The number of hydrogen-bond donors (Lipinski definition) is 1. The zero-order valence-electron chi connectivity index (χ0n) is 11.9. The van der Waals surface area contributed by atoms with Crippen LogP contribution in [0.3, 0.4) is 0 Å². The minimum atomic E-state index is -0.437. The minimum Gasteiger partial charge on any atom is -0.369 e. The topological polar surface area (TPSA) is 63.4 Å². The van der Waals surface area contributed by atoms with Crippen molar-refractivity contribution in [1.29, 1.82) is 0 Å². The highest BCUT2D eigenvalue weighted by Crippen LogP contribution is 2.35. The largest absolute Gasteiger partial charge is 0.369 e. The molecule has 2 amide bonds. The number of halogens is 1. The standard InChI is InChI=1S/C15H19FN2O2S/c1-10(12-4-2-3-5-13(12)16)18(11-6-7-11)15(20)9-21-8-14(17)19/h2-5,10-11H,6-9H2,1H3,(H2,17,19). The SMILES string of the molecule is CC(c1ccccc1F)N(C(=O)CSCC(N)=O)C1CC1. The van der Waals surface area contributed by atoms with Crippen molar-refractivity contribution >= 4 is 23.6 Å². The summed E-state index contributed by atoms with van der Waals surface area (Å²) in [5.41, 5.74) is 5.59. The number of benzene rings is 1. The van der Waals surface area contributed by atoms with E-state index in [1.54, 1.807) is 23.1 Å². The Balaban J connectivity index is 2.06. The van der Waals surface area contributed by atoms with Gasteiger partial charge in [0.2, 0.25) is 11.8 Å². The molecule has 0 aromatic heterocycles. The number of nitrogens with zero attached hydrogens (tertiary/aromatic N) is 1. The predicted molar refractivity (Wildman–Crippen MR) is 81.2 cm³/mol. The van der Waals surface area contributed by atoms with Crippen molar-refractivity contribution in [2.45, 2.75) is 31.8 Å². The van der Waals surface area contributed by atoms with Gasteiger partial charge in [-0.3, -0.25) is 9.59 Å². The van der Waals surface area contributed by atoms with Crippen LogP contribution >= 0.6 is 11.8 Å². The molecule has 1 aliphatic carbocycles. The molecule has 1 aliphatic rings. The lowest BCUT2D eigenvalue weighted by molar-refractivity contribution is -0.131. The number of rotatable bonds is 7. The van der Waals surface area contributed by atoms with Crippen molar-refractivity contribution in [1.82, 2.24) is 4.90 Å². The number of amides is 2. The van der Waals surface area contributed by atoms with Gasteiger partial charge in [0.25, 0.3) is 0 Å². The van der Waals surface area contributed by atoms with E-state index in [0.717, 1.165) is 12.8 Å². The third-order valence-corrected chi connectivity index (χ3v) is 4.41. The van der Waals surface area contributed by atoms with Crippen molar-refractivity contribution in [3.63, 3.8) is 0 Å². The van der Waals surface area contributed by atoms with Crippen LogP contribution in [0.4, 0.5) is 4.39 Å². The highest BCUT2D eigenvalue weighted by atomic mass is 32.2. The van der Waals surface area contributed by atoms with Crippen molar-refractivity contribution < 1.29 is 14.0 Å². The smallest absolute Gasteiger partial charge is 0.233 e. The van der Waals surface area contributed by atoms with Crippen LogP contribution < -0.4 is 5.73 Å². The van der Waals surface area contributed by atoms with Crippen LogP contribution in [0.5, 0.6) is 0 Å². The third-order valence-electron chi connectivity index (χ3n) is 3.47. The summed E-state index contributed by atoms with van der Waals surface area (Å²) in [6, 6.07) is 6.40. The third kappa shape index (κ3) is 4.20. The Morgan fingerprint density at radius 3 is 2.62 bits per heavy atom. The highest BCUT2D eigenvalue weighted by Gasteiger charge is 2.36. The van der Waals surface area contributed by atoms with Gasteiger partial charge in [0, 0.05) is 11.6 Å². The van der Waals surface area contributed by atoms with Gasteiger partial charge in [-0.1, -0.05) is 18.2 Å². The molecule has 0 aliphatic heterocycles. The number of thioether (sulfide) groups is 1. The van der Waals surface area contributed by atoms with E-state index in [1.165, 1.54) is 17.8 Å². The molecule has 114 valence electrons. The first kappa shape index (κ1) is 15.8. The summed E-state index contributed by atoms with van der Waals surface area (Å²) in [4.78, 5) is 24.8. The Kier molecular flexibility index (Phi) is 5.22. The van der Waals surface area contributed by atoms with Crippen LogP contribution in [0.2, 0.25) is 0 Å². The first-order chi connectivity index (χ1) is 10.0. The summed E-state index contributed by atoms with van der Waals surface area (Å²) in [6.45, 7) is 1.84. The summed E-state index contributed by atoms with van der Waals surface area (Å²) < 4.78 is 13.9. The van der Waals surface area contributed by atoms with Gasteiger partial charge in [0.15, 0.2) is 0 Å². The van der Waals surface area contributed by atoms with Crippen LogP contribution in [0.1, 0.15) is 31.4 Å². The van der Waals surface area contributed by atoms with Crippen molar-refractivity contribution in [3.8, 4) is 0 Å². The molecule has 1 fully saturated rings. The predicted octanol–water partition coefficient (Wildman–Crippen LogP) is 2.10. The minimum absolute atomic E-state index is 0.0699. The fraction of sp³-hybridized carbons (Fsp3) is 0.467. The molecule has 6 heteroatoms. The van der Waals surface area contributed by atoms with Crippen LogP contribution in [0.15, 0.2) is 24.3 Å². The normalized spacial score (nSPS) is 15.5. The van der Waals surface area contributed by atoms with Crippen LogP contribution in [0, 0.1) is 5.82 Å². The quantitative estimate of drug-likeness (QED) is 0.839. The lowest BCUT2D eigenvalue weighted by atomic mass is 10.1. The molecule has 0 radical (unpaired) electrons. The molecule has 1 aromatic rings. The van der Waals surface area contributed by atoms with E-state index < -0.39 is 5.91 Å². The molecular weight excluding hydrogens is 291 g/mol. The molecule has 1 unspecified atom stereocenters. The van der Waals surface area contributed by atoms with E-state index in [1.807, 2.05) is 6.92 Å². The van der Waals surface area contributed by atoms with Gasteiger partial charge < -0.3 is 10.6 Å². The number of primary amides is 1. The fourth-order valence-corrected chi connectivity index (χ4v) is 2.99. The summed E-state index contributed by atoms with van der Waals surface area (Å²) in [5, 5.41) is 0. The van der Waals surface area contributed by atoms with E-state index in [4.69, 9.17) is 5.73 Å². The van der Waals surface area contributed by atoms with Crippen LogP contribution in [0.25, 0.3) is 0 Å². The second-order valence-corrected chi connectivity index (χ2v) is 6.17. The summed E-state index contributed by atoms with van der Waals surface area (Å²) in [5.74, 6) is -0.489. The van der Waals surface area contributed by atoms with Crippen molar-refractivity contribution in [2.24, 2.45) is 5.73 Å². The van der Waals surface area contributed by atoms with Crippen LogP contribution in [-0.4, -0.2) is 34.3 Å². The van der Waals surface area contributed by atoms with Gasteiger partial charge in [0.1, 0.15) is 5.82 Å². The summed E-state index contributed by atoms with van der Waals surface area (Å²) >= 11 is 1.20. The van der Waals surface area contributed by atoms with E-state index >= 15 is 0 Å². The molecule has 1 saturated carbocycles. The second kappa shape index (κ2) is 6.93. The molecule has 0 bridgehead atoms. The molecule has 2 N–H and O–H groups in total. The molecule has 4 nitrogen and oxygen atoms in total. The number of nitrogens with two attached hydrogens (primary N) is 1. The Labute approximate surface area is 127 Å². The molecule has 1 atom stereocenters. The Morgan fingerprint density at radius 1 is 1.38 bits per heavy atom. The lowest BCUT2D eigenvalue weighted by Gasteiger charge is -2.30. The molecule has 0 saturated heterocycles. The molecule has 21 heavy (non-hydrogen) atoms. The maximum atomic E-state index is 13.9. The zero-order valence-corrected chi connectivity index (χ0v) is 12.7. The average Bonchev–Trinajstić information content (AvgIpc) is 3.23. The number of carbonyl (C=O) groups is 2. The van der Waals surface area contributed by atoms with Crippen molar-refractivity contribution in [2.75, 3.05) is 11.5 Å². The molecule has 0 heterocycles. The molecule has 1 aromatic carbocycles. The van der Waals surface area contributed by atoms with E-state index in [0.29, 0.717) is 5.56 Å². The maximum absolute atomic E-state index is 13.9. The maximum Gasteiger partial charge on any atom is 0.233 e. The highest BCUT2D eigenvalue weighted by molar-refractivity contribution is 8.00. The Hall–Kier alpha value is -1.56. The van der Waals surface area contributed by atoms with E-state index in [-0.39, 0.29) is 35.3 Å². The van der Waals surface area contributed by atoms with Gasteiger partial charge in [-0.05, 0) is 25.8 Å². The van der Waals surface area contributed by atoms with E-state index in [9.17, 15) is 14.0 Å². The van der Waals surface area contributed by atoms with E-state index in [2.05, 4.69) is 0 Å². The van der Waals surface area contributed by atoms with Gasteiger partial charge in [0.05, 0.1) is 17.5 Å². The van der Waals surface area contributed by atoms with Gasteiger partial charge >= 0.3 is 0 Å². The second-order valence-electron chi connectivity index (χ2n) is 5.19. The first-order valence-electron chi connectivity index (χ1n) is 6.92. The summed E-state index contributed by atoms with van der Waals surface area (Å²) in [7, 11) is 0. The summed E-state index contributed by atoms with van der Waals surface area (Å²) in [6.07, 6.45) is 1.90. The zero-order chi connectivity index (χ0) is 15.4. The van der Waals surface area contributed by atoms with Gasteiger partial charge in [-0.15, -0.1) is 11.8 Å². The van der Waals surface area contributed by atoms with Crippen LogP contribution in [-0.2, 0) is 9.59 Å². The molecular formula is C15H19FN2O2S. The lowest BCUT2D eigenvalue weighted by Crippen LogP contribution is -2.37.